The van der Waals surface area contributed by atoms with E-state index in [1.807, 2.05) is 54.6 Å². The van der Waals surface area contributed by atoms with Crippen molar-refractivity contribution in [2.75, 3.05) is 13.2 Å². The molecule has 302 valence electrons. The Morgan fingerprint density at radius 2 is 1.00 bits per heavy atom. The monoisotopic (exact) mass is 970 g/mol. The second kappa shape index (κ2) is 25.4. The van der Waals surface area contributed by atoms with Crippen molar-refractivity contribution in [1.29, 1.82) is 0 Å². The Morgan fingerprint density at radius 1 is 0.610 bits per heavy atom. The number of pyridine rings is 3. The van der Waals surface area contributed by atoms with Crippen LogP contribution in [0, 0.1) is 18.2 Å². The van der Waals surface area contributed by atoms with Gasteiger partial charge in [0.15, 0.2) is 0 Å². The molecule has 0 saturated heterocycles. The van der Waals surface area contributed by atoms with Crippen LogP contribution in [0.1, 0.15) is 33.6 Å². The topological polar surface area (TPSA) is 156 Å². The molecule has 3 aromatic heterocycles. The van der Waals surface area contributed by atoms with E-state index in [4.69, 9.17) is 18.9 Å². The van der Waals surface area contributed by atoms with Gasteiger partial charge in [0.25, 0.3) is 0 Å². The van der Waals surface area contributed by atoms with E-state index in [2.05, 4.69) is 45.0 Å². The van der Waals surface area contributed by atoms with Gasteiger partial charge in [-0.15, -0.1) is 89.5 Å². The normalized spacial score (nSPS) is 9.75. The fourth-order valence-electron chi connectivity index (χ4n) is 4.51. The largest absolute Gasteiger partial charge is 3.00 e. The van der Waals surface area contributed by atoms with Gasteiger partial charge in [-0.1, -0.05) is 56.8 Å². The van der Waals surface area contributed by atoms with Crippen molar-refractivity contribution in [3.8, 4) is 51.0 Å². The third-order valence-electron chi connectivity index (χ3n) is 7.35. The maximum Gasteiger partial charge on any atom is 3.00 e. The molecule has 3 heterocycles. The minimum atomic E-state index is -0.639. The summed E-state index contributed by atoms with van der Waals surface area (Å²) in [5.74, 6) is 0.424. The molecule has 1 amide bonds. The molecule has 13 heteroatoms. The number of ether oxygens (including phenoxy) is 4. The molecule has 12 nitrogen and oxygen atoms in total. The maximum atomic E-state index is 11.7. The zero-order valence-electron chi connectivity index (χ0n) is 32.6. The van der Waals surface area contributed by atoms with E-state index in [9.17, 15) is 19.2 Å². The SMILES string of the molecule is C=C(C)C(=O)OCCNC(=O)Oc1cc[c-]c(-c2ccccn2)c1.CCC(=O)Oc1cc[c-]c(-c2ccccn2)c1.CCC(=O)Oc1cc[c-]c(-c2ccccn2)c1.[Ir+3]. The molecule has 0 radical (unpaired) electrons. The number of amides is 1. The van der Waals surface area contributed by atoms with Gasteiger partial charge in [-0.3, -0.25) is 9.59 Å². The van der Waals surface area contributed by atoms with Crippen LogP contribution in [0.2, 0.25) is 0 Å². The van der Waals surface area contributed by atoms with E-state index in [0.717, 1.165) is 33.8 Å². The molecule has 0 atom stereocenters. The van der Waals surface area contributed by atoms with Gasteiger partial charge in [-0.05, 0) is 42.2 Å². The molecule has 0 saturated carbocycles. The van der Waals surface area contributed by atoms with Crippen LogP contribution < -0.4 is 19.5 Å². The quantitative estimate of drug-likeness (QED) is 0.0413. The van der Waals surface area contributed by atoms with Crippen molar-refractivity contribution in [1.82, 2.24) is 20.3 Å². The molecule has 0 unspecified atom stereocenters. The molecule has 0 fully saturated rings. The van der Waals surface area contributed by atoms with Crippen LogP contribution in [0.15, 0.2) is 140 Å². The number of benzene rings is 3. The third-order valence-corrected chi connectivity index (χ3v) is 7.35. The summed E-state index contributed by atoms with van der Waals surface area (Å²) in [6, 6.07) is 41.3. The molecule has 0 aliphatic carbocycles. The number of hydrogen-bond acceptors (Lipinski definition) is 11. The van der Waals surface area contributed by atoms with Crippen molar-refractivity contribution >= 4 is 24.0 Å². The van der Waals surface area contributed by atoms with Gasteiger partial charge in [-0.2, -0.15) is 0 Å². The number of esters is 3. The Labute approximate surface area is 357 Å². The number of carbonyl (C=O) groups is 4. The predicted octanol–water partition coefficient (Wildman–Crippen LogP) is 8.48. The van der Waals surface area contributed by atoms with Crippen LogP contribution in [0.3, 0.4) is 0 Å². The standard InChI is InChI=1S/C18H17N2O4.2C14H12NO2.Ir/c1-13(2)17(21)23-11-10-20-18(22)24-15-7-5-6-14(12-15)16-8-3-4-9-19-16;2*1-2-14(16)17-12-7-5-6-11(10-12)13-8-3-4-9-15-13;/h3-5,7-9,12H,1,10-11H2,2H3,(H,20,22);2*3-5,7-10H,2H2,1H3;/q3*-1;+3. The number of nitrogens with zero attached hydrogens (tertiary/aromatic N) is 3. The number of carbonyl (C=O) groups excluding carboxylic acids is 4. The first-order valence-electron chi connectivity index (χ1n) is 18.1. The van der Waals surface area contributed by atoms with E-state index in [0.29, 0.717) is 35.7 Å². The molecule has 0 spiro atoms. The molecular weight excluding hydrogens is 929 g/mol. The molecular formula is C46H41IrN4O8. The van der Waals surface area contributed by atoms with Gasteiger partial charge >= 0.3 is 44.1 Å². The van der Waals surface area contributed by atoms with Gasteiger partial charge in [0.2, 0.25) is 0 Å². The first kappa shape index (κ1) is 46.6. The molecule has 0 aliphatic rings. The van der Waals surface area contributed by atoms with E-state index in [-0.39, 0.29) is 45.2 Å². The fourth-order valence-corrected chi connectivity index (χ4v) is 4.51. The van der Waals surface area contributed by atoms with E-state index >= 15 is 0 Å². The van der Waals surface area contributed by atoms with E-state index < -0.39 is 12.1 Å². The third kappa shape index (κ3) is 16.7. The van der Waals surface area contributed by atoms with Crippen LogP contribution in [0.5, 0.6) is 17.2 Å². The molecule has 1 N–H and O–H groups in total. The van der Waals surface area contributed by atoms with Gasteiger partial charge in [0, 0.05) is 37.0 Å². The average Bonchev–Trinajstić information content (AvgIpc) is 3.26. The fraction of sp³-hybridized carbons (Fsp3) is 0.152. The summed E-state index contributed by atoms with van der Waals surface area (Å²) < 4.78 is 20.3. The maximum absolute atomic E-state index is 11.7. The second-order valence-corrected chi connectivity index (χ2v) is 11.8. The van der Waals surface area contributed by atoms with Gasteiger partial charge in [0.1, 0.15) is 6.61 Å². The average molecular weight is 970 g/mol. The summed E-state index contributed by atoms with van der Waals surface area (Å²) in [6.45, 7) is 8.72. The summed E-state index contributed by atoms with van der Waals surface area (Å²) in [6.07, 6.45) is 5.19. The summed E-state index contributed by atoms with van der Waals surface area (Å²) >= 11 is 0. The Kier molecular flexibility index (Phi) is 20.1. The van der Waals surface area contributed by atoms with Crippen molar-refractivity contribution in [2.24, 2.45) is 0 Å². The summed E-state index contributed by atoms with van der Waals surface area (Å²) in [5, 5.41) is 2.49. The minimum absolute atomic E-state index is 0. The first-order chi connectivity index (χ1) is 28.1. The van der Waals surface area contributed by atoms with E-state index in [1.165, 1.54) is 0 Å². The zero-order valence-corrected chi connectivity index (χ0v) is 35.0. The molecule has 3 aromatic carbocycles. The number of aromatic nitrogens is 3. The molecule has 59 heavy (non-hydrogen) atoms. The second-order valence-electron chi connectivity index (χ2n) is 11.8. The van der Waals surface area contributed by atoms with Crippen LogP contribution in [-0.4, -0.2) is 52.1 Å². The molecule has 0 aliphatic heterocycles. The van der Waals surface area contributed by atoms with Crippen LogP contribution in [0.25, 0.3) is 33.8 Å². The minimum Gasteiger partial charge on any atom is -0.460 e. The molecule has 6 aromatic rings. The summed E-state index contributed by atoms with van der Waals surface area (Å²) in [7, 11) is 0. The number of hydrogen-bond donors (Lipinski definition) is 1. The van der Waals surface area contributed by atoms with Gasteiger partial charge in [0.05, 0.1) is 23.8 Å². The van der Waals surface area contributed by atoms with Crippen molar-refractivity contribution in [3.05, 3.63) is 158 Å². The van der Waals surface area contributed by atoms with Gasteiger partial charge in [-0.25, -0.2) is 9.59 Å². The van der Waals surface area contributed by atoms with Crippen LogP contribution >= 0.6 is 0 Å². The number of rotatable bonds is 12. The summed E-state index contributed by atoms with van der Waals surface area (Å²) in [4.78, 5) is 57.9. The predicted molar refractivity (Wildman–Crippen MR) is 217 cm³/mol. The zero-order chi connectivity index (χ0) is 41.5. The number of nitrogens with one attached hydrogen (secondary N) is 1. The summed E-state index contributed by atoms with van der Waals surface area (Å²) in [5.41, 5.74) is 4.99. The Morgan fingerprint density at radius 3 is 1.34 bits per heavy atom. The smallest absolute Gasteiger partial charge is 0.460 e. The van der Waals surface area contributed by atoms with Crippen molar-refractivity contribution in [3.63, 3.8) is 0 Å². The van der Waals surface area contributed by atoms with Crippen LogP contribution in [-0.2, 0) is 39.2 Å². The van der Waals surface area contributed by atoms with E-state index in [1.54, 1.807) is 94.0 Å². The Hall–Kier alpha value is -6.82. The van der Waals surface area contributed by atoms with Crippen molar-refractivity contribution in [2.45, 2.75) is 33.6 Å². The Balaban J connectivity index is 0.000000240. The van der Waals surface area contributed by atoms with Crippen molar-refractivity contribution < 1.29 is 58.2 Å². The first-order valence-corrected chi connectivity index (χ1v) is 18.1. The Bertz CT molecular complexity index is 2160. The molecule has 6 rings (SSSR count). The van der Waals surface area contributed by atoms with Gasteiger partial charge < -0.3 is 39.2 Å². The molecule has 0 bridgehead atoms. The van der Waals surface area contributed by atoms with Crippen LogP contribution in [0.4, 0.5) is 4.79 Å².